The molecule has 0 bridgehead atoms. The molecule has 0 aliphatic carbocycles. The summed E-state index contributed by atoms with van der Waals surface area (Å²) in [5.41, 5.74) is 4.93. The number of aryl methyl sites for hydroxylation is 1. The highest BCUT2D eigenvalue weighted by atomic mass is 32.2. The van der Waals surface area contributed by atoms with Gasteiger partial charge in [0.25, 0.3) is 0 Å². The second-order valence-electron chi connectivity index (χ2n) is 7.23. The molecule has 3 rings (SSSR count). The van der Waals surface area contributed by atoms with Crippen LogP contribution in [0.25, 0.3) is 0 Å². The van der Waals surface area contributed by atoms with E-state index in [1.54, 1.807) is 0 Å². The minimum atomic E-state index is -2.93. The molecule has 1 unspecified atom stereocenters. The third kappa shape index (κ3) is 3.81. The molecule has 1 N–H and O–H groups in total. The van der Waals surface area contributed by atoms with E-state index in [9.17, 15) is 13.7 Å². The summed E-state index contributed by atoms with van der Waals surface area (Å²) < 4.78 is 25.5. The molecule has 0 saturated carbocycles. The fraction of sp³-hybridized carbons (Fsp3) is 0.474. The monoisotopic (exact) mass is 373 g/mol. The van der Waals surface area contributed by atoms with Gasteiger partial charge in [-0.3, -0.25) is 4.68 Å². The second kappa shape index (κ2) is 7.22. The third-order valence-electron chi connectivity index (χ3n) is 5.14. The van der Waals surface area contributed by atoms with Crippen molar-refractivity contribution in [2.45, 2.75) is 39.4 Å². The van der Waals surface area contributed by atoms with Gasteiger partial charge in [0, 0.05) is 11.3 Å². The van der Waals surface area contributed by atoms with Gasteiger partial charge >= 0.3 is 0 Å². The maximum atomic E-state index is 11.8. The zero-order chi connectivity index (χ0) is 18.9. The summed E-state index contributed by atoms with van der Waals surface area (Å²) in [4.78, 5) is 1.26. The Morgan fingerprint density at radius 1 is 1.31 bits per heavy atom. The third-order valence-corrected chi connectivity index (χ3v) is 6.89. The molecule has 2 aromatic rings. The normalized spacial score (nSPS) is 20.0. The van der Waals surface area contributed by atoms with E-state index in [1.165, 1.54) is 10.5 Å². The molecule has 1 saturated heterocycles. The number of nitriles is 1. The minimum Gasteiger partial charge on any atom is -0.330 e. The Kier molecular flexibility index (Phi) is 5.17. The second-order valence-corrected chi connectivity index (χ2v) is 9.46. The highest BCUT2D eigenvalue weighted by molar-refractivity contribution is 7.91. The van der Waals surface area contributed by atoms with Crippen LogP contribution < -0.4 is 4.90 Å². The maximum Gasteiger partial charge on any atom is 0.152 e. The number of sulfone groups is 1. The van der Waals surface area contributed by atoms with Gasteiger partial charge in [0.1, 0.15) is 13.1 Å². The Morgan fingerprint density at radius 2 is 2.04 bits per heavy atom. The number of nitrogens with zero attached hydrogens (tertiary/aromatic N) is 3. The molecule has 6 nitrogen and oxygen atoms in total. The van der Waals surface area contributed by atoms with Gasteiger partial charge in [0.05, 0.1) is 47.5 Å². The Labute approximate surface area is 155 Å². The van der Waals surface area contributed by atoms with Gasteiger partial charge in [0.2, 0.25) is 0 Å². The first-order valence-electron chi connectivity index (χ1n) is 8.85. The first-order chi connectivity index (χ1) is 12.3. The van der Waals surface area contributed by atoms with Crippen molar-refractivity contribution in [3.8, 4) is 6.07 Å². The molecule has 1 aromatic heterocycles. The van der Waals surface area contributed by atoms with Crippen molar-refractivity contribution < 1.29 is 13.3 Å². The van der Waals surface area contributed by atoms with Crippen LogP contribution in [0, 0.1) is 25.2 Å². The summed E-state index contributed by atoms with van der Waals surface area (Å²) in [6.45, 7) is 5.55. The van der Waals surface area contributed by atoms with E-state index in [-0.39, 0.29) is 17.5 Å². The Morgan fingerprint density at radius 3 is 2.69 bits per heavy atom. The van der Waals surface area contributed by atoms with Gasteiger partial charge in [-0.1, -0.05) is 18.2 Å². The lowest BCUT2D eigenvalue weighted by atomic mass is 10.1. The summed E-state index contributed by atoms with van der Waals surface area (Å²) >= 11 is 0. The van der Waals surface area contributed by atoms with E-state index >= 15 is 0 Å². The molecule has 0 amide bonds. The SMILES string of the molecule is Cc1nn([C@@H]2CCS(=O)(=O)C2)c(C)c1C[NH+](C)Cc1ccccc1C#N. The number of aromatic nitrogens is 2. The summed E-state index contributed by atoms with van der Waals surface area (Å²) in [5.74, 6) is 0.439. The van der Waals surface area contributed by atoms with Crippen LogP contribution in [0.15, 0.2) is 24.3 Å². The maximum absolute atomic E-state index is 11.8. The number of nitrogens with one attached hydrogen (secondary N) is 1. The summed E-state index contributed by atoms with van der Waals surface area (Å²) in [7, 11) is -0.830. The molecular formula is C19H25N4O2S+. The topological polar surface area (TPSA) is 80.2 Å². The molecule has 0 radical (unpaired) electrons. The van der Waals surface area contributed by atoms with Crippen molar-refractivity contribution in [2.24, 2.45) is 0 Å². The fourth-order valence-electron chi connectivity index (χ4n) is 3.75. The number of hydrogen-bond donors (Lipinski definition) is 1. The van der Waals surface area contributed by atoms with Crippen molar-refractivity contribution >= 4 is 9.84 Å². The molecule has 7 heteroatoms. The lowest BCUT2D eigenvalue weighted by Gasteiger charge is -2.16. The molecule has 1 aromatic carbocycles. The van der Waals surface area contributed by atoms with Crippen LogP contribution in [-0.2, 0) is 22.9 Å². The van der Waals surface area contributed by atoms with Gasteiger partial charge in [-0.05, 0) is 26.3 Å². The average molecular weight is 374 g/mol. The van der Waals surface area contributed by atoms with Crippen LogP contribution in [0.1, 0.15) is 40.5 Å². The largest absolute Gasteiger partial charge is 0.330 e. The lowest BCUT2D eigenvalue weighted by Crippen LogP contribution is -3.06. The first kappa shape index (κ1) is 18.6. The predicted octanol–water partition coefficient (Wildman–Crippen LogP) is 0.946. The quantitative estimate of drug-likeness (QED) is 0.846. The van der Waals surface area contributed by atoms with Crippen molar-refractivity contribution in [3.05, 3.63) is 52.3 Å². The van der Waals surface area contributed by atoms with Crippen LogP contribution >= 0.6 is 0 Å². The highest BCUT2D eigenvalue weighted by Crippen LogP contribution is 2.26. The van der Waals surface area contributed by atoms with Crippen molar-refractivity contribution in [1.82, 2.24) is 9.78 Å². The summed E-state index contributed by atoms with van der Waals surface area (Å²) in [6.07, 6.45) is 0.641. The number of hydrogen-bond acceptors (Lipinski definition) is 4. The zero-order valence-corrected chi connectivity index (χ0v) is 16.3. The van der Waals surface area contributed by atoms with Crippen LogP contribution in [0.2, 0.25) is 0 Å². The first-order valence-corrected chi connectivity index (χ1v) is 10.7. The van der Waals surface area contributed by atoms with E-state index in [0.29, 0.717) is 12.0 Å². The van der Waals surface area contributed by atoms with Gasteiger partial charge in [-0.15, -0.1) is 0 Å². The van der Waals surface area contributed by atoms with E-state index in [4.69, 9.17) is 0 Å². The predicted molar refractivity (Wildman–Crippen MR) is 99.5 cm³/mol. The fourth-order valence-corrected chi connectivity index (χ4v) is 5.44. The zero-order valence-electron chi connectivity index (χ0n) is 15.5. The minimum absolute atomic E-state index is 0.0490. The van der Waals surface area contributed by atoms with Crippen LogP contribution in [0.3, 0.4) is 0 Å². The average Bonchev–Trinajstić information content (AvgIpc) is 3.09. The van der Waals surface area contributed by atoms with Gasteiger partial charge in [0.15, 0.2) is 9.84 Å². The van der Waals surface area contributed by atoms with Gasteiger partial charge in [-0.25, -0.2) is 8.42 Å². The molecular weight excluding hydrogens is 348 g/mol. The van der Waals surface area contributed by atoms with Crippen molar-refractivity contribution in [2.75, 3.05) is 18.6 Å². The van der Waals surface area contributed by atoms with E-state index in [0.717, 1.165) is 30.0 Å². The Bertz CT molecular complexity index is 956. The van der Waals surface area contributed by atoms with Crippen molar-refractivity contribution in [3.63, 3.8) is 0 Å². The van der Waals surface area contributed by atoms with Crippen LogP contribution in [0.4, 0.5) is 0 Å². The molecule has 26 heavy (non-hydrogen) atoms. The molecule has 1 aliphatic heterocycles. The molecule has 1 fully saturated rings. The Hall–Kier alpha value is -2.17. The van der Waals surface area contributed by atoms with Gasteiger partial charge < -0.3 is 4.90 Å². The van der Waals surface area contributed by atoms with Gasteiger partial charge in [-0.2, -0.15) is 10.4 Å². The van der Waals surface area contributed by atoms with Crippen LogP contribution in [-0.4, -0.2) is 36.8 Å². The molecule has 2 atom stereocenters. The molecule has 1 aliphatic rings. The van der Waals surface area contributed by atoms with E-state index in [1.807, 2.05) is 42.8 Å². The van der Waals surface area contributed by atoms with E-state index < -0.39 is 9.84 Å². The summed E-state index contributed by atoms with van der Waals surface area (Å²) in [6, 6.07) is 9.88. The standard InChI is InChI=1S/C19H24N4O2S/c1-14-19(12-22(3)11-17-7-5-4-6-16(17)10-20)15(2)23(21-14)18-8-9-26(24,25)13-18/h4-7,18H,8-9,11-13H2,1-3H3/p+1/t18-/m1/s1. The summed E-state index contributed by atoms with van der Waals surface area (Å²) in [5, 5.41) is 13.9. The number of benzene rings is 1. The highest BCUT2D eigenvalue weighted by Gasteiger charge is 2.31. The molecule has 2 heterocycles. The molecule has 0 spiro atoms. The smallest absolute Gasteiger partial charge is 0.152 e. The van der Waals surface area contributed by atoms with Crippen molar-refractivity contribution in [1.29, 1.82) is 5.26 Å². The van der Waals surface area contributed by atoms with E-state index in [2.05, 4.69) is 18.2 Å². The molecule has 138 valence electrons. The lowest BCUT2D eigenvalue weighted by molar-refractivity contribution is -0.907. The van der Waals surface area contributed by atoms with Crippen LogP contribution in [0.5, 0.6) is 0 Å². The Balaban J connectivity index is 1.77. The number of rotatable bonds is 5. The number of quaternary nitrogens is 1.